The van der Waals surface area contributed by atoms with Gasteiger partial charge in [-0.25, -0.2) is 4.98 Å². The van der Waals surface area contributed by atoms with Crippen LogP contribution in [0.25, 0.3) is 0 Å². The third-order valence-corrected chi connectivity index (χ3v) is 2.88. The molecule has 5 nitrogen and oxygen atoms in total. The molecule has 0 saturated heterocycles. The number of pyridine rings is 1. The lowest BCUT2D eigenvalue weighted by molar-refractivity contribution is 0.579. The van der Waals surface area contributed by atoms with Crippen LogP contribution in [0.3, 0.4) is 0 Å². The summed E-state index contributed by atoms with van der Waals surface area (Å²) >= 11 is 0. The van der Waals surface area contributed by atoms with Crippen LogP contribution in [-0.2, 0) is 13.0 Å². The lowest BCUT2D eigenvalue weighted by Gasteiger charge is -2.13. The summed E-state index contributed by atoms with van der Waals surface area (Å²) in [6, 6.07) is 1.89. The van der Waals surface area contributed by atoms with Crippen molar-refractivity contribution in [2.75, 3.05) is 0 Å². The number of rotatable bonds is 4. The maximum atomic E-state index is 6.19. The quantitative estimate of drug-likeness (QED) is 0.859. The average molecular weight is 231 g/mol. The highest BCUT2D eigenvalue weighted by Gasteiger charge is 2.13. The Hall–Kier alpha value is -1.75. The summed E-state index contributed by atoms with van der Waals surface area (Å²) < 4.78 is 1.87. The van der Waals surface area contributed by atoms with Gasteiger partial charge in [-0.05, 0) is 31.0 Å². The smallest absolute Gasteiger partial charge is 0.138 e. The highest BCUT2D eigenvalue weighted by molar-refractivity contribution is 5.25. The molecule has 2 aromatic heterocycles. The van der Waals surface area contributed by atoms with E-state index in [-0.39, 0.29) is 6.04 Å². The second kappa shape index (κ2) is 5.05. The Bertz CT molecular complexity index is 491. The summed E-state index contributed by atoms with van der Waals surface area (Å²) in [5, 5.41) is 4.14. The summed E-state index contributed by atoms with van der Waals surface area (Å²) in [7, 11) is 0. The molecule has 0 aromatic carbocycles. The van der Waals surface area contributed by atoms with Gasteiger partial charge >= 0.3 is 0 Å². The van der Waals surface area contributed by atoms with Gasteiger partial charge in [-0.2, -0.15) is 5.10 Å². The molecule has 1 atom stereocenters. The van der Waals surface area contributed by atoms with Crippen LogP contribution in [0.2, 0.25) is 0 Å². The van der Waals surface area contributed by atoms with Crippen molar-refractivity contribution in [2.24, 2.45) is 5.73 Å². The third kappa shape index (κ3) is 2.50. The Labute approximate surface area is 101 Å². The first-order valence-electron chi connectivity index (χ1n) is 5.75. The van der Waals surface area contributed by atoms with Crippen LogP contribution >= 0.6 is 0 Å². The Morgan fingerprint density at radius 3 is 3.00 bits per heavy atom. The number of nitrogens with zero attached hydrogens (tertiary/aromatic N) is 4. The van der Waals surface area contributed by atoms with Gasteiger partial charge in [0.05, 0.1) is 0 Å². The van der Waals surface area contributed by atoms with Crippen molar-refractivity contribution in [3.8, 4) is 0 Å². The van der Waals surface area contributed by atoms with E-state index in [0.717, 1.165) is 23.5 Å². The summed E-state index contributed by atoms with van der Waals surface area (Å²) in [6.45, 7) is 4.90. The van der Waals surface area contributed by atoms with Crippen LogP contribution in [0.15, 0.2) is 24.8 Å². The minimum absolute atomic E-state index is 0.0850. The molecular weight excluding hydrogens is 214 g/mol. The van der Waals surface area contributed by atoms with Gasteiger partial charge in [0.1, 0.15) is 12.2 Å². The lowest BCUT2D eigenvalue weighted by atomic mass is 10.0. The van der Waals surface area contributed by atoms with Gasteiger partial charge in [0.15, 0.2) is 0 Å². The molecule has 1 unspecified atom stereocenters. The molecule has 17 heavy (non-hydrogen) atoms. The third-order valence-electron chi connectivity index (χ3n) is 2.88. The van der Waals surface area contributed by atoms with Gasteiger partial charge in [0, 0.05) is 31.4 Å². The summed E-state index contributed by atoms with van der Waals surface area (Å²) in [4.78, 5) is 8.35. The van der Waals surface area contributed by atoms with E-state index in [4.69, 9.17) is 5.73 Å². The molecule has 0 amide bonds. The zero-order valence-corrected chi connectivity index (χ0v) is 10.2. The van der Waals surface area contributed by atoms with Crippen molar-refractivity contribution in [3.05, 3.63) is 41.7 Å². The maximum Gasteiger partial charge on any atom is 0.138 e. The molecule has 90 valence electrons. The highest BCUT2D eigenvalue weighted by atomic mass is 15.3. The van der Waals surface area contributed by atoms with Crippen molar-refractivity contribution in [1.82, 2.24) is 19.7 Å². The number of hydrogen-bond donors (Lipinski definition) is 1. The topological polar surface area (TPSA) is 69.6 Å². The molecule has 0 spiro atoms. The minimum atomic E-state index is -0.0850. The summed E-state index contributed by atoms with van der Waals surface area (Å²) in [5.74, 6) is 0.920. The first kappa shape index (κ1) is 11.7. The van der Waals surface area contributed by atoms with Crippen LogP contribution in [0.1, 0.15) is 29.9 Å². The second-order valence-electron chi connectivity index (χ2n) is 4.03. The van der Waals surface area contributed by atoms with Crippen molar-refractivity contribution >= 4 is 0 Å². The largest absolute Gasteiger partial charge is 0.324 e. The van der Waals surface area contributed by atoms with Crippen molar-refractivity contribution in [3.63, 3.8) is 0 Å². The molecule has 0 aliphatic rings. The van der Waals surface area contributed by atoms with E-state index < -0.39 is 0 Å². The molecule has 2 heterocycles. The van der Waals surface area contributed by atoms with Gasteiger partial charge in [0.25, 0.3) is 0 Å². The van der Waals surface area contributed by atoms with Crippen molar-refractivity contribution in [2.45, 2.75) is 32.9 Å². The molecule has 0 radical (unpaired) electrons. The number of aryl methyl sites for hydroxylation is 2. The highest BCUT2D eigenvalue weighted by Crippen LogP contribution is 2.17. The second-order valence-corrected chi connectivity index (χ2v) is 4.03. The Morgan fingerprint density at radius 2 is 2.29 bits per heavy atom. The lowest BCUT2D eigenvalue weighted by Crippen LogP contribution is -2.18. The van der Waals surface area contributed by atoms with Crippen molar-refractivity contribution in [1.29, 1.82) is 0 Å². The molecular formula is C12H17N5. The fourth-order valence-corrected chi connectivity index (χ4v) is 1.88. The Kier molecular flexibility index (Phi) is 3.49. The fourth-order valence-electron chi connectivity index (χ4n) is 1.88. The van der Waals surface area contributed by atoms with Gasteiger partial charge in [-0.3, -0.25) is 9.67 Å². The van der Waals surface area contributed by atoms with Crippen molar-refractivity contribution < 1.29 is 0 Å². The first-order valence-corrected chi connectivity index (χ1v) is 5.75. The Balaban J connectivity index is 2.17. The number of nitrogens with two attached hydrogens (primary N) is 1. The summed E-state index contributed by atoms with van der Waals surface area (Å²) in [5.41, 5.74) is 8.42. The van der Waals surface area contributed by atoms with E-state index in [0.29, 0.717) is 6.42 Å². The molecule has 0 bridgehead atoms. The molecule has 0 fully saturated rings. The average Bonchev–Trinajstić information content (AvgIpc) is 2.76. The van der Waals surface area contributed by atoms with Crippen LogP contribution in [0, 0.1) is 6.92 Å². The fraction of sp³-hybridized carbons (Fsp3) is 0.417. The van der Waals surface area contributed by atoms with Gasteiger partial charge in [-0.1, -0.05) is 0 Å². The first-order chi connectivity index (χ1) is 8.22. The van der Waals surface area contributed by atoms with Crippen LogP contribution in [-0.4, -0.2) is 19.7 Å². The molecule has 2 N–H and O–H groups in total. The SMILES string of the molecule is CCn1ncnc1CC(N)c1cnccc1C. The van der Waals surface area contributed by atoms with Crippen LogP contribution < -0.4 is 5.73 Å². The molecule has 0 saturated carbocycles. The predicted octanol–water partition coefficient (Wildman–Crippen LogP) is 1.24. The zero-order valence-electron chi connectivity index (χ0n) is 10.2. The van der Waals surface area contributed by atoms with E-state index in [2.05, 4.69) is 15.1 Å². The van der Waals surface area contributed by atoms with E-state index in [9.17, 15) is 0 Å². The van der Waals surface area contributed by atoms with E-state index in [1.807, 2.05) is 30.8 Å². The summed E-state index contributed by atoms with van der Waals surface area (Å²) in [6.07, 6.45) is 5.86. The molecule has 2 rings (SSSR count). The molecule has 0 aliphatic heterocycles. The van der Waals surface area contributed by atoms with Gasteiger partial charge < -0.3 is 5.73 Å². The van der Waals surface area contributed by atoms with Crippen LogP contribution in [0.4, 0.5) is 0 Å². The monoisotopic (exact) mass is 231 g/mol. The molecule has 0 aliphatic carbocycles. The number of hydrogen-bond acceptors (Lipinski definition) is 4. The van der Waals surface area contributed by atoms with E-state index in [1.54, 1.807) is 12.5 Å². The van der Waals surface area contributed by atoms with Gasteiger partial charge in [-0.15, -0.1) is 0 Å². The predicted molar refractivity (Wildman–Crippen MR) is 65.3 cm³/mol. The maximum absolute atomic E-state index is 6.19. The molecule has 2 aromatic rings. The Morgan fingerprint density at radius 1 is 1.47 bits per heavy atom. The standard InChI is InChI=1S/C12H17N5/c1-3-17-12(15-8-16-17)6-11(13)10-7-14-5-4-9(10)2/h4-5,7-8,11H,3,6,13H2,1-2H3. The van der Waals surface area contributed by atoms with Crippen LogP contribution in [0.5, 0.6) is 0 Å². The molecule has 5 heteroatoms. The zero-order chi connectivity index (χ0) is 12.3. The van der Waals surface area contributed by atoms with E-state index >= 15 is 0 Å². The normalized spacial score (nSPS) is 12.6. The van der Waals surface area contributed by atoms with E-state index in [1.165, 1.54) is 0 Å². The minimum Gasteiger partial charge on any atom is -0.324 e. The number of aromatic nitrogens is 4. The van der Waals surface area contributed by atoms with Gasteiger partial charge in [0.2, 0.25) is 0 Å².